The average molecular weight is 354 g/mol. The van der Waals surface area contributed by atoms with Crippen molar-refractivity contribution in [3.05, 3.63) is 65.5 Å². The Kier molecular flexibility index (Phi) is 5.35. The molecule has 3 aromatic rings. The average Bonchev–Trinajstić information content (AvgIpc) is 3.00. The van der Waals surface area contributed by atoms with Gasteiger partial charge in [-0.15, -0.1) is 10.2 Å². The van der Waals surface area contributed by atoms with Crippen LogP contribution in [0, 0.1) is 6.92 Å². The van der Waals surface area contributed by atoms with Crippen LogP contribution in [0.5, 0.6) is 11.5 Å². The summed E-state index contributed by atoms with van der Waals surface area (Å²) in [5.41, 5.74) is 2.02. The van der Waals surface area contributed by atoms with Gasteiger partial charge in [0.1, 0.15) is 0 Å². The maximum Gasteiger partial charge on any atom is 0.212 e. The number of hydrogen-bond donors (Lipinski definition) is 1. The molecular weight excluding hydrogens is 336 g/mol. The second kappa shape index (κ2) is 7.85. The molecule has 25 heavy (non-hydrogen) atoms. The van der Waals surface area contributed by atoms with E-state index < -0.39 is 0 Å². The molecule has 0 fully saturated rings. The molecule has 0 saturated carbocycles. The van der Waals surface area contributed by atoms with Crippen molar-refractivity contribution in [1.82, 2.24) is 14.9 Å². The minimum atomic E-state index is 0.0965. The number of benzene rings is 2. The fourth-order valence-corrected chi connectivity index (χ4v) is 3.07. The van der Waals surface area contributed by atoms with E-state index in [1.807, 2.05) is 25.1 Å². The van der Waals surface area contributed by atoms with Gasteiger partial charge in [0.15, 0.2) is 17.3 Å². The predicted molar refractivity (Wildman–Crippen MR) is 98.4 cm³/mol. The Morgan fingerprint density at radius 1 is 1.20 bits per heavy atom. The molecule has 0 bridgehead atoms. The van der Waals surface area contributed by atoms with Crippen LogP contribution in [-0.4, -0.2) is 33.3 Å². The van der Waals surface area contributed by atoms with Gasteiger partial charge in [0, 0.05) is 5.75 Å². The van der Waals surface area contributed by atoms with Crippen LogP contribution in [0.25, 0.3) is 0 Å². The lowest BCUT2D eigenvalue weighted by Gasteiger charge is -2.04. The summed E-state index contributed by atoms with van der Waals surface area (Å²) in [5.74, 6) is 2.00. The monoisotopic (exact) mass is 354 g/mol. The van der Waals surface area contributed by atoms with Gasteiger partial charge in [-0.05, 0) is 36.2 Å². The van der Waals surface area contributed by atoms with Crippen LogP contribution >= 0.6 is 11.8 Å². The molecule has 0 aliphatic heterocycles. The number of thioether (sulfide) groups is 1. The lowest BCUT2D eigenvalue weighted by molar-refractivity contribution is 0.373. The normalized spacial score (nSPS) is 11.1. The molecule has 0 unspecified atom stereocenters. The molecule has 3 rings (SSSR count). The Hall–Kier alpha value is -2.80. The van der Waals surface area contributed by atoms with Crippen molar-refractivity contribution in [2.45, 2.75) is 17.8 Å². The van der Waals surface area contributed by atoms with Gasteiger partial charge in [0.05, 0.1) is 13.3 Å². The Balaban J connectivity index is 1.77. The van der Waals surface area contributed by atoms with Crippen molar-refractivity contribution in [3.8, 4) is 11.5 Å². The maximum absolute atomic E-state index is 9.66. The lowest BCUT2D eigenvalue weighted by atomic mass is 10.2. The number of aromatic hydroxyl groups is 1. The molecular formula is C18H18N4O2S. The van der Waals surface area contributed by atoms with Gasteiger partial charge in [0.25, 0.3) is 0 Å². The van der Waals surface area contributed by atoms with Crippen LogP contribution in [-0.2, 0) is 5.75 Å². The molecule has 0 radical (unpaired) electrons. The standard InChI is InChI=1S/C18H18N4O2S/c1-13-20-21-18(25-12-14-6-4-3-5-7-14)22(13)19-11-15-8-9-16(23)17(10-15)24-2/h3-11,23H,12H2,1-2H3/b19-11+. The zero-order valence-corrected chi connectivity index (χ0v) is 14.8. The van der Waals surface area contributed by atoms with Crippen LogP contribution in [0.4, 0.5) is 0 Å². The zero-order valence-electron chi connectivity index (χ0n) is 14.0. The van der Waals surface area contributed by atoms with Crippen LogP contribution in [0.15, 0.2) is 58.8 Å². The van der Waals surface area contributed by atoms with E-state index in [0.717, 1.165) is 16.5 Å². The molecule has 2 aromatic carbocycles. The quantitative estimate of drug-likeness (QED) is 0.542. The van der Waals surface area contributed by atoms with E-state index in [1.54, 1.807) is 40.9 Å². The highest BCUT2D eigenvalue weighted by Gasteiger charge is 2.09. The molecule has 0 aliphatic rings. The van der Waals surface area contributed by atoms with Crippen LogP contribution < -0.4 is 4.74 Å². The summed E-state index contributed by atoms with van der Waals surface area (Å²) in [7, 11) is 1.51. The van der Waals surface area contributed by atoms with Gasteiger partial charge in [-0.1, -0.05) is 42.1 Å². The highest BCUT2D eigenvalue weighted by atomic mass is 32.2. The van der Waals surface area contributed by atoms with Gasteiger partial charge in [-0.25, -0.2) is 0 Å². The number of aromatic nitrogens is 3. The molecule has 0 amide bonds. The summed E-state index contributed by atoms with van der Waals surface area (Å²) in [6.45, 7) is 1.86. The van der Waals surface area contributed by atoms with Crippen molar-refractivity contribution in [1.29, 1.82) is 0 Å². The zero-order chi connectivity index (χ0) is 17.6. The van der Waals surface area contributed by atoms with E-state index in [9.17, 15) is 5.11 Å². The van der Waals surface area contributed by atoms with Gasteiger partial charge >= 0.3 is 0 Å². The molecule has 128 valence electrons. The Bertz CT molecular complexity index is 878. The third-order valence-electron chi connectivity index (χ3n) is 3.50. The van der Waals surface area contributed by atoms with Gasteiger partial charge in [0.2, 0.25) is 5.16 Å². The minimum Gasteiger partial charge on any atom is -0.504 e. The minimum absolute atomic E-state index is 0.0965. The Labute approximate surface area is 150 Å². The van der Waals surface area contributed by atoms with Crippen molar-refractivity contribution in [2.24, 2.45) is 5.10 Å². The fourth-order valence-electron chi connectivity index (χ4n) is 2.18. The summed E-state index contributed by atoms with van der Waals surface area (Å²) in [4.78, 5) is 0. The van der Waals surface area contributed by atoms with Gasteiger partial charge < -0.3 is 9.84 Å². The Morgan fingerprint density at radius 3 is 2.76 bits per heavy atom. The summed E-state index contributed by atoms with van der Waals surface area (Å²) in [5, 5.41) is 23.1. The molecule has 0 aliphatic carbocycles. The smallest absolute Gasteiger partial charge is 0.212 e. The second-order valence-electron chi connectivity index (χ2n) is 5.29. The SMILES string of the molecule is COc1cc(/C=N/n2c(C)nnc2SCc2ccccc2)ccc1O. The molecule has 0 spiro atoms. The number of phenolic OH excluding ortho intramolecular Hbond substituents is 1. The fraction of sp³-hybridized carbons (Fsp3) is 0.167. The summed E-state index contributed by atoms with van der Waals surface area (Å²) >= 11 is 1.58. The van der Waals surface area contributed by atoms with E-state index in [4.69, 9.17) is 4.74 Å². The molecule has 1 aromatic heterocycles. The maximum atomic E-state index is 9.66. The van der Waals surface area contributed by atoms with Gasteiger partial charge in [-0.2, -0.15) is 9.78 Å². The Morgan fingerprint density at radius 2 is 2.00 bits per heavy atom. The van der Waals surface area contributed by atoms with Crippen LogP contribution in [0.2, 0.25) is 0 Å². The van der Waals surface area contributed by atoms with E-state index in [1.165, 1.54) is 12.7 Å². The number of ether oxygens (including phenoxy) is 1. The van der Waals surface area contributed by atoms with E-state index in [0.29, 0.717) is 11.6 Å². The first-order valence-electron chi connectivity index (χ1n) is 7.67. The van der Waals surface area contributed by atoms with Crippen LogP contribution in [0.3, 0.4) is 0 Å². The first-order valence-corrected chi connectivity index (χ1v) is 8.66. The second-order valence-corrected chi connectivity index (χ2v) is 6.23. The molecule has 0 atom stereocenters. The first kappa shape index (κ1) is 17.0. The highest BCUT2D eigenvalue weighted by molar-refractivity contribution is 7.98. The molecule has 6 nitrogen and oxygen atoms in total. The number of phenols is 1. The van der Waals surface area contributed by atoms with Gasteiger partial charge in [-0.3, -0.25) is 0 Å². The van der Waals surface area contributed by atoms with Crippen molar-refractivity contribution < 1.29 is 9.84 Å². The molecule has 0 saturated heterocycles. The van der Waals surface area contributed by atoms with E-state index in [-0.39, 0.29) is 5.75 Å². The summed E-state index contributed by atoms with van der Waals surface area (Å²) in [6.07, 6.45) is 1.69. The molecule has 1 heterocycles. The van der Waals surface area contributed by atoms with E-state index >= 15 is 0 Å². The van der Waals surface area contributed by atoms with Crippen molar-refractivity contribution >= 4 is 18.0 Å². The number of hydrogen-bond acceptors (Lipinski definition) is 6. The van der Waals surface area contributed by atoms with Crippen molar-refractivity contribution in [2.75, 3.05) is 7.11 Å². The predicted octanol–water partition coefficient (Wildman–Crippen LogP) is 3.48. The number of methoxy groups -OCH3 is 1. The first-order chi connectivity index (χ1) is 12.2. The molecule has 7 heteroatoms. The third-order valence-corrected chi connectivity index (χ3v) is 4.50. The molecule has 1 N–H and O–H groups in total. The number of rotatable bonds is 6. The summed E-state index contributed by atoms with van der Waals surface area (Å²) < 4.78 is 6.81. The topological polar surface area (TPSA) is 72.5 Å². The number of aryl methyl sites for hydroxylation is 1. The van der Waals surface area contributed by atoms with E-state index in [2.05, 4.69) is 27.4 Å². The lowest BCUT2D eigenvalue weighted by Crippen LogP contribution is -1.97. The largest absolute Gasteiger partial charge is 0.504 e. The highest BCUT2D eigenvalue weighted by Crippen LogP contribution is 2.26. The number of nitrogens with zero attached hydrogens (tertiary/aromatic N) is 4. The van der Waals surface area contributed by atoms with Crippen molar-refractivity contribution in [3.63, 3.8) is 0 Å². The third kappa shape index (κ3) is 4.19. The van der Waals surface area contributed by atoms with Crippen LogP contribution in [0.1, 0.15) is 17.0 Å². The summed E-state index contributed by atoms with van der Waals surface area (Å²) in [6, 6.07) is 15.2.